The van der Waals surface area contributed by atoms with Gasteiger partial charge in [-0.05, 0) is 78.8 Å². The fourth-order valence-corrected chi connectivity index (χ4v) is 6.02. The minimum Gasteiger partial charge on any atom is -0.368 e. The fraction of sp³-hybridized carbons (Fsp3) is 0.429. The smallest absolute Gasteiger partial charge is 0.193 e. The third-order valence-electron chi connectivity index (χ3n) is 7.57. The summed E-state index contributed by atoms with van der Waals surface area (Å²) in [5.41, 5.74) is 9.09. The molecule has 0 saturated carbocycles. The molecular weight excluding hydrogens is 394 g/mol. The van der Waals surface area contributed by atoms with E-state index >= 15 is 0 Å². The highest BCUT2D eigenvalue weighted by molar-refractivity contribution is 6.33. The first-order chi connectivity index (χ1) is 15.2. The van der Waals surface area contributed by atoms with E-state index in [1.54, 1.807) is 0 Å². The summed E-state index contributed by atoms with van der Waals surface area (Å²) in [5, 5.41) is 13.0. The predicted molar refractivity (Wildman–Crippen MR) is 129 cm³/mol. The van der Waals surface area contributed by atoms with Gasteiger partial charge in [0.05, 0.1) is 11.6 Å². The lowest BCUT2D eigenvalue weighted by Crippen LogP contribution is -2.54. The highest BCUT2D eigenvalue weighted by Gasteiger charge is 2.43. The minimum atomic E-state index is -0.239. The van der Waals surface area contributed by atoms with E-state index in [1.807, 2.05) is 18.2 Å². The van der Waals surface area contributed by atoms with Crippen LogP contribution in [0.5, 0.6) is 0 Å². The molecule has 4 heteroatoms. The van der Waals surface area contributed by atoms with Gasteiger partial charge in [-0.15, -0.1) is 0 Å². The molecule has 0 spiro atoms. The summed E-state index contributed by atoms with van der Waals surface area (Å²) in [6.45, 7) is 13.1. The molecule has 1 saturated heterocycles. The van der Waals surface area contributed by atoms with Crippen molar-refractivity contribution in [1.82, 2.24) is 5.32 Å². The molecular formula is C28H31N3O. The predicted octanol–water partition coefficient (Wildman–Crippen LogP) is 4.79. The van der Waals surface area contributed by atoms with E-state index in [9.17, 15) is 10.1 Å². The lowest BCUT2D eigenvalue weighted by Gasteiger charge is -2.41. The van der Waals surface area contributed by atoms with Crippen LogP contribution in [0.25, 0.3) is 5.57 Å². The van der Waals surface area contributed by atoms with Crippen LogP contribution in [0.4, 0.5) is 5.69 Å². The van der Waals surface area contributed by atoms with Crippen molar-refractivity contribution >= 4 is 17.0 Å². The molecule has 1 heterocycles. The van der Waals surface area contributed by atoms with E-state index in [-0.39, 0.29) is 11.2 Å². The second kappa shape index (κ2) is 7.32. The third-order valence-corrected chi connectivity index (χ3v) is 7.57. The van der Waals surface area contributed by atoms with Crippen molar-refractivity contribution in [3.8, 4) is 6.07 Å². The highest BCUT2D eigenvalue weighted by Crippen LogP contribution is 2.51. The number of Topliss-reactive ketones (excluding diaryl/α,β-unsaturated/α-hetero) is 1. The highest BCUT2D eigenvalue weighted by atomic mass is 16.1. The average Bonchev–Trinajstić information content (AvgIpc) is 3.16. The SMILES string of the molecule is CCc1cc2c(cc1N1C[C@@H](C)N[C@@H](C)C1)C(C)(C)C1=C(C2=O)c2ccc(C#N)cc2C1. The first-order valence-corrected chi connectivity index (χ1v) is 11.7. The molecule has 3 aliphatic rings. The van der Waals surface area contributed by atoms with Crippen molar-refractivity contribution in [1.29, 1.82) is 5.26 Å². The van der Waals surface area contributed by atoms with E-state index < -0.39 is 0 Å². The molecule has 32 heavy (non-hydrogen) atoms. The average molecular weight is 426 g/mol. The maximum atomic E-state index is 13.8. The Kier molecular flexibility index (Phi) is 4.80. The maximum absolute atomic E-state index is 13.8. The monoisotopic (exact) mass is 425 g/mol. The normalized spacial score (nSPS) is 23.5. The van der Waals surface area contributed by atoms with Gasteiger partial charge in [0.15, 0.2) is 5.78 Å². The number of anilines is 1. The van der Waals surface area contributed by atoms with Gasteiger partial charge in [0.2, 0.25) is 0 Å². The zero-order valence-electron chi connectivity index (χ0n) is 19.7. The van der Waals surface area contributed by atoms with Crippen LogP contribution in [0.1, 0.15) is 72.8 Å². The summed E-state index contributed by atoms with van der Waals surface area (Å²) in [6, 6.07) is 13.3. The van der Waals surface area contributed by atoms with Crippen LogP contribution < -0.4 is 10.2 Å². The Balaban J connectivity index is 1.64. The minimum absolute atomic E-state index is 0.140. The number of fused-ring (bicyclic) bond motifs is 3. The van der Waals surface area contributed by atoms with Crippen LogP contribution in [0, 0.1) is 11.3 Å². The molecule has 0 bridgehead atoms. The van der Waals surface area contributed by atoms with E-state index in [2.05, 4.69) is 63.0 Å². The molecule has 0 unspecified atom stereocenters. The zero-order valence-corrected chi connectivity index (χ0v) is 19.7. The van der Waals surface area contributed by atoms with Gasteiger partial charge in [0.1, 0.15) is 0 Å². The van der Waals surface area contributed by atoms with Crippen molar-refractivity contribution in [2.24, 2.45) is 0 Å². The molecule has 4 nitrogen and oxygen atoms in total. The van der Waals surface area contributed by atoms with Crippen molar-refractivity contribution in [2.45, 2.75) is 65.0 Å². The molecule has 1 N–H and O–H groups in total. The first kappa shape index (κ1) is 21.0. The largest absolute Gasteiger partial charge is 0.368 e. The maximum Gasteiger partial charge on any atom is 0.193 e. The molecule has 0 amide bonds. The summed E-state index contributed by atoms with van der Waals surface area (Å²) in [6.07, 6.45) is 1.64. The van der Waals surface area contributed by atoms with Crippen LogP contribution >= 0.6 is 0 Å². The van der Waals surface area contributed by atoms with E-state index in [0.29, 0.717) is 17.6 Å². The Hall–Kier alpha value is -2.90. The first-order valence-electron chi connectivity index (χ1n) is 11.7. The van der Waals surface area contributed by atoms with Crippen molar-refractivity contribution < 1.29 is 4.79 Å². The van der Waals surface area contributed by atoms with E-state index in [0.717, 1.165) is 53.8 Å². The summed E-state index contributed by atoms with van der Waals surface area (Å²) in [5.74, 6) is 0.140. The zero-order chi connectivity index (χ0) is 22.8. The summed E-state index contributed by atoms with van der Waals surface area (Å²) in [4.78, 5) is 16.3. The van der Waals surface area contributed by atoms with Crippen LogP contribution in [0.3, 0.4) is 0 Å². The molecule has 2 aromatic rings. The van der Waals surface area contributed by atoms with E-state index in [4.69, 9.17) is 0 Å². The number of rotatable bonds is 2. The van der Waals surface area contributed by atoms with Gasteiger partial charge in [-0.25, -0.2) is 0 Å². The molecule has 0 radical (unpaired) electrons. The standard InChI is InChI=1S/C28H31N3O/c1-6-19-10-22-23(12-25(19)31-14-16(2)30-17(3)15-31)28(4,5)24-11-20-9-18(13-29)7-8-21(20)26(24)27(22)32/h7-10,12,16-17,30H,6,11,14-15H2,1-5H3/t16-,17+. The molecule has 164 valence electrons. The number of hydrogen-bond donors (Lipinski definition) is 1. The van der Waals surface area contributed by atoms with Crippen LogP contribution in [0.15, 0.2) is 35.9 Å². The van der Waals surface area contributed by atoms with Gasteiger partial charge in [-0.3, -0.25) is 4.79 Å². The number of aryl methyl sites for hydroxylation is 1. The van der Waals surface area contributed by atoms with Crippen molar-refractivity contribution in [3.63, 3.8) is 0 Å². The van der Waals surface area contributed by atoms with Gasteiger partial charge in [0.25, 0.3) is 0 Å². The number of nitriles is 1. The number of ketones is 1. The molecule has 2 aromatic carbocycles. The van der Waals surface area contributed by atoms with Gasteiger partial charge in [0, 0.05) is 47.4 Å². The number of benzene rings is 2. The lowest BCUT2D eigenvalue weighted by atomic mass is 9.68. The number of carbonyl (C=O) groups excluding carboxylic acids is 1. The molecule has 2 atom stereocenters. The molecule has 2 aliphatic carbocycles. The van der Waals surface area contributed by atoms with Crippen LogP contribution in [-0.4, -0.2) is 31.0 Å². The number of nitrogens with zero attached hydrogens (tertiary/aromatic N) is 2. The van der Waals surface area contributed by atoms with Crippen LogP contribution in [0.2, 0.25) is 0 Å². The Bertz CT molecular complexity index is 1200. The Morgan fingerprint density at radius 2 is 1.84 bits per heavy atom. The molecule has 1 fully saturated rings. The second-order valence-corrected chi connectivity index (χ2v) is 10.2. The fourth-order valence-electron chi connectivity index (χ4n) is 6.02. The number of nitrogens with one attached hydrogen (secondary N) is 1. The molecule has 1 aliphatic heterocycles. The number of hydrogen-bond acceptors (Lipinski definition) is 4. The Labute approximate surface area is 190 Å². The van der Waals surface area contributed by atoms with Gasteiger partial charge in [-0.2, -0.15) is 5.26 Å². The number of allylic oxidation sites excluding steroid dienone is 2. The molecule has 0 aromatic heterocycles. The molecule has 5 rings (SSSR count). The summed E-state index contributed by atoms with van der Waals surface area (Å²) in [7, 11) is 0. The van der Waals surface area contributed by atoms with Crippen molar-refractivity contribution in [3.05, 3.63) is 69.3 Å². The quantitative estimate of drug-likeness (QED) is 0.752. The Morgan fingerprint density at radius 3 is 2.50 bits per heavy atom. The van der Waals surface area contributed by atoms with Crippen LogP contribution in [-0.2, 0) is 18.3 Å². The van der Waals surface area contributed by atoms with Gasteiger partial charge < -0.3 is 10.2 Å². The summed E-state index contributed by atoms with van der Waals surface area (Å²) < 4.78 is 0. The second-order valence-electron chi connectivity index (χ2n) is 10.2. The Morgan fingerprint density at radius 1 is 1.12 bits per heavy atom. The topological polar surface area (TPSA) is 56.1 Å². The third kappa shape index (κ3) is 3.03. The van der Waals surface area contributed by atoms with E-state index in [1.165, 1.54) is 16.8 Å². The number of piperazine rings is 1. The summed E-state index contributed by atoms with van der Waals surface area (Å²) >= 11 is 0. The number of carbonyl (C=O) groups is 1. The van der Waals surface area contributed by atoms with Gasteiger partial charge >= 0.3 is 0 Å². The van der Waals surface area contributed by atoms with Crippen molar-refractivity contribution in [2.75, 3.05) is 18.0 Å². The lowest BCUT2D eigenvalue weighted by molar-refractivity contribution is 0.105. The van der Waals surface area contributed by atoms with Gasteiger partial charge in [-0.1, -0.05) is 26.8 Å².